The zero-order valence-electron chi connectivity index (χ0n) is 15.7. The van der Waals surface area contributed by atoms with Crippen LogP contribution in [0.2, 0.25) is 0 Å². The molecule has 2 heterocycles. The van der Waals surface area contributed by atoms with Crippen LogP contribution in [0.4, 0.5) is 4.79 Å². The van der Waals surface area contributed by atoms with Crippen molar-refractivity contribution in [3.05, 3.63) is 42.1 Å². The summed E-state index contributed by atoms with van der Waals surface area (Å²) in [6.07, 6.45) is 1.74. The quantitative estimate of drug-likeness (QED) is 0.748. The molecule has 0 bridgehead atoms. The number of urea groups is 1. The average molecular weight is 374 g/mol. The number of benzene rings is 1. The largest absolute Gasteiger partial charge is 0.491 e. The fraction of sp³-hybridized carbons (Fsp3) is 0.500. The Hall–Kier alpha value is -2.54. The zero-order chi connectivity index (χ0) is 19.4. The minimum absolute atomic E-state index is 0.0447. The Bertz CT molecular complexity index is 712. The maximum absolute atomic E-state index is 12.8. The third-order valence-electron chi connectivity index (χ3n) is 4.58. The molecule has 7 nitrogen and oxygen atoms in total. The third-order valence-corrected chi connectivity index (χ3v) is 4.58. The van der Waals surface area contributed by atoms with Crippen molar-refractivity contribution >= 4 is 12.0 Å². The Kier molecular flexibility index (Phi) is 6.01. The van der Waals surface area contributed by atoms with E-state index in [9.17, 15) is 9.59 Å². The number of ether oxygens (including phenoxy) is 3. The summed E-state index contributed by atoms with van der Waals surface area (Å²) in [6.45, 7) is 8.60. The monoisotopic (exact) mass is 374 g/mol. The van der Waals surface area contributed by atoms with Gasteiger partial charge in [-0.1, -0.05) is 24.8 Å². The highest BCUT2D eigenvalue weighted by Crippen LogP contribution is 2.36. The SMILES string of the molecule is C=C1NC(=O)NC(c2ccccc2OC(C)C)C1C(=O)OCC1CCCO1. The van der Waals surface area contributed by atoms with Gasteiger partial charge in [-0.05, 0) is 32.8 Å². The second-order valence-electron chi connectivity index (χ2n) is 7.05. The highest BCUT2D eigenvalue weighted by Gasteiger charge is 2.40. The molecule has 1 aromatic rings. The first-order valence-corrected chi connectivity index (χ1v) is 9.26. The summed E-state index contributed by atoms with van der Waals surface area (Å²) >= 11 is 0. The van der Waals surface area contributed by atoms with Crippen LogP contribution in [-0.4, -0.2) is 37.4 Å². The van der Waals surface area contributed by atoms with E-state index < -0.39 is 24.0 Å². The molecule has 7 heteroatoms. The molecule has 27 heavy (non-hydrogen) atoms. The summed E-state index contributed by atoms with van der Waals surface area (Å²) in [5.74, 6) is -0.599. The van der Waals surface area contributed by atoms with E-state index in [1.165, 1.54) is 0 Å². The average Bonchev–Trinajstić information content (AvgIpc) is 3.12. The molecule has 0 spiro atoms. The van der Waals surface area contributed by atoms with Crippen molar-refractivity contribution in [1.29, 1.82) is 0 Å². The fourth-order valence-electron chi connectivity index (χ4n) is 3.36. The molecule has 0 aromatic heterocycles. The first-order chi connectivity index (χ1) is 13.0. The molecule has 3 unspecified atom stereocenters. The Balaban J connectivity index is 1.82. The highest BCUT2D eigenvalue weighted by molar-refractivity contribution is 5.85. The van der Waals surface area contributed by atoms with Crippen LogP contribution in [0.15, 0.2) is 36.5 Å². The van der Waals surface area contributed by atoms with E-state index >= 15 is 0 Å². The molecule has 1 aromatic carbocycles. The van der Waals surface area contributed by atoms with Gasteiger partial charge >= 0.3 is 12.0 Å². The number of carbonyl (C=O) groups excluding carboxylic acids is 2. The molecule has 0 radical (unpaired) electrons. The van der Waals surface area contributed by atoms with E-state index in [1.54, 1.807) is 0 Å². The van der Waals surface area contributed by atoms with Crippen LogP contribution in [0, 0.1) is 5.92 Å². The van der Waals surface area contributed by atoms with E-state index in [1.807, 2.05) is 38.1 Å². The lowest BCUT2D eigenvalue weighted by atomic mass is 9.88. The lowest BCUT2D eigenvalue weighted by molar-refractivity contribution is -0.151. The number of rotatable bonds is 6. The third kappa shape index (κ3) is 4.60. The van der Waals surface area contributed by atoms with Gasteiger partial charge in [0, 0.05) is 17.9 Å². The van der Waals surface area contributed by atoms with Gasteiger partial charge in [-0.15, -0.1) is 0 Å². The van der Waals surface area contributed by atoms with Crippen molar-refractivity contribution in [2.75, 3.05) is 13.2 Å². The number of hydrogen-bond acceptors (Lipinski definition) is 5. The normalized spacial score (nSPS) is 25.1. The molecule has 3 rings (SSSR count). The second-order valence-corrected chi connectivity index (χ2v) is 7.05. The predicted molar refractivity (Wildman–Crippen MR) is 99.2 cm³/mol. The van der Waals surface area contributed by atoms with Gasteiger partial charge in [-0.2, -0.15) is 0 Å². The number of hydrogen-bond donors (Lipinski definition) is 2. The van der Waals surface area contributed by atoms with Gasteiger partial charge in [-0.3, -0.25) is 4.79 Å². The first-order valence-electron chi connectivity index (χ1n) is 9.26. The standard InChI is InChI=1S/C20H26N2O5/c1-12(2)27-16-9-5-4-8-15(16)18-17(13(3)21-20(24)22-18)19(23)26-11-14-7-6-10-25-14/h4-5,8-9,12,14,17-18H,3,6-7,10-11H2,1-2H3,(H2,21,22,24). The molecular weight excluding hydrogens is 348 g/mol. The van der Waals surface area contributed by atoms with E-state index in [0.717, 1.165) is 12.8 Å². The maximum Gasteiger partial charge on any atom is 0.319 e. The van der Waals surface area contributed by atoms with Crippen molar-refractivity contribution in [1.82, 2.24) is 10.6 Å². The minimum atomic E-state index is -0.763. The summed E-state index contributed by atoms with van der Waals surface area (Å²) in [7, 11) is 0. The maximum atomic E-state index is 12.8. The van der Waals surface area contributed by atoms with Crippen LogP contribution >= 0.6 is 0 Å². The summed E-state index contributed by atoms with van der Waals surface area (Å²) in [6, 6.07) is 6.31. The molecular formula is C20H26N2O5. The van der Waals surface area contributed by atoms with E-state index in [2.05, 4.69) is 17.2 Å². The van der Waals surface area contributed by atoms with Gasteiger partial charge in [-0.25, -0.2) is 4.79 Å². The fourth-order valence-corrected chi connectivity index (χ4v) is 3.36. The van der Waals surface area contributed by atoms with Crippen LogP contribution in [0.25, 0.3) is 0 Å². The van der Waals surface area contributed by atoms with Gasteiger partial charge in [0.1, 0.15) is 18.3 Å². The van der Waals surface area contributed by atoms with Gasteiger partial charge in [0.05, 0.1) is 18.2 Å². The molecule has 2 N–H and O–H groups in total. The van der Waals surface area contributed by atoms with Crippen LogP contribution in [0.1, 0.15) is 38.3 Å². The Labute approximate surface area is 159 Å². The lowest BCUT2D eigenvalue weighted by Crippen LogP contribution is -2.51. The highest BCUT2D eigenvalue weighted by atomic mass is 16.6. The van der Waals surface area contributed by atoms with E-state index in [-0.39, 0.29) is 18.8 Å². The summed E-state index contributed by atoms with van der Waals surface area (Å²) in [5.41, 5.74) is 1.02. The Morgan fingerprint density at radius 3 is 2.85 bits per heavy atom. The van der Waals surface area contributed by atoms with Crippen LogP contribution < -0.4 is 15.4 Å². The van der Waals surface area contributed by atoms with Crippen molar-refractivity contribution in [3.8, 4) is 5.75 Å². The lowest BCUT2D eigenvalue weighted by Gasteiger charge is -2.34. The van der Waals surface area contributed by atoms with Gasteiger partial charge in [0.25, 0.3) is 0 Å². The molecule has 2 amide bonds. The van der Waals surface area contributed by atoms with Crippen molar-refractivity contribution in [2.45, 2.75) is 44.9 Å². The number of para-hydroxylation sites is 1. The number of amides is 2. The van der Waals surface area contributed by atoms with E-state index in [0.29, 0.717) is 23.6 Å². The summed E-state index contributed by atoms with van der Waals surface area (Å²) in [4.78, 5) is 24.8. The van der Waals surface area contributed by atoms with Gasteiger partial charge in [0.15, 0.2) is 0 Å². The minimum Gasteiger partial charge on any atom is -0.491 e. The van der Waals surface area contributed by atoms with E-state index in [4.69, 9.17) is 14.2 Å². The molecule has 146 valence electrons. The predicted octanol–water partition coefficient (Wildman–Crippen LogP) is 2.68. The van der Waals surface area contributed by atoms with Crippen molar-refractivity contribution in [2.24, 2.45) is 5.92 Å². The summed E-state index contributed by atoms with van der Waals surface area (Å²) < 4.78 is 16.9. The van der Waals surface area contributed by atoms with Crippen LogP contribution in [-0.2, 0) is 14.3 Å². The van der Waals surface area contributed by atoms with Crippen LogP contribution in [0.5, 0.6) is 5.75 Å². The second kappa shape index (κ2) is 8.43. The topological polar surface area (TPSA) is 85.9 Å². The summed E-state index contributed by atoms with van der Waals surface area (Å²) in [5, 5.41) is 5.39. The first kappa shape index (κ1) is 19.2. The smallest absolute Gasteiger partial charge is 0.319 e. The number of carbonyl (C=O) groups is 2. The van der Waals surface area contributed by atoms with Gasteiger partial charge < -0.3 is 24.8 Å². The molecule has 2 saturated heterocycles. The number of esters is 1. The van der Waals surface area contributed by atoms with Crippen molar-refractivity contribution < 1.29 is 23.8 Å². The van der Waals surface area contributed by atoms with Crippen LogP contribution in [0.3, 0.4) is 0 Å². The van der Waals surface area contributed by atoms with Crippen molar-refractivity contribution in [3.63, 3.8) is 0 Å². The Morgan fingerprint density at radius 1 is 1.37 bits per heavy atom. The molecule has 3 atom stereocenters. The molecule has 0 aliphatic carbocycles. The molecule has 2 aliphatic heterocycles. The zero-order valence-corrected chi connectivity index (χ0v) is 15.7. The number of nitrogens with one attached hydrogen (secondary N) is 2. The van der Waals surface area contributed by atoms with Gasteiger partial charge in [0.2, 0.25) is 0 Å². The molecule has 2 aliphatic rings. The Morgan fingerprint density at radius 2 is 2.15 bits per heavy atom. The molecule has 2 fully saturated rings. The molecule has 0 saturated carbocycles.